The van der Waals surface area contributed by atoms with E-state index < -0.39 is 0 Å². The van der Waals surface area contributed by atoms with Crippen molar-refractivity contribution in [1.82, 2.24) is 10.6 Å². The van der Waals surface area contributed by atoms with Crippen LogP contribution in [0.5, 0.6) is 0 Å². The molecule has 1 heterocycles. The molecule has 5 rings (SSSR count). The Hall–Kier alpha value is -0.570. The second-order valence-corrected chi connectivity index (χ2v) is 8.67. The first-order valence-electron chi connectivity index (χ1n) is 9.12. The minimum absolute atomic E-state index is 0.183. The van der Waals surface area contributed by atoms with Gasteiger partial charge in [-0.2, -0.15) is 0 Å². The van der Waals surface area contributed by atoms with Crippen LogP contribution >= 0.6 is 0 Å². The highest BCUT2D eigenvalue weighted by Crippen LogP contribution is 2.61. The van der Waals surface area contributed by atoms with Crippen LogP contribution in [-0.2, 0) is 4.79 Å². The predicted molar refractivity (Wildman–Crippen MR) is 83.8 cm³/mol. The number of rotatable bonds is 5. The molecule has 1 atom stereocenters. The molecule has 4 saturated carbocycles. The standard InChI is InChI=1S/C18H30N2O/c1-12(16-10-19-11-16)17(21)20-3-2-18-7-13-4-14(8-18)6-15(5-13)9-18/h12-16,19H,2-11H2,1H3,(H,20,21). The monoisotopic (exact) mass is 290 g/mol. The van der Waals surface area contributed by atoms with Gasteiger partial charge >= 0.3 is 0 Å². The summed E-state index contributed by atoms with van der Waals surface area (Å²) in [5.41, 5.74) is 0.600. The first-order chi connectivity index (χ1) is 10.1. The van der Waals surface area contributed by atoms with Gasteiger partial charge in [-0.15, -0.1) is 0 Å². The van der Waals surface area contributed by atoms with E-state index in [2.05, 4.69) is 17.6 Å². The van der Waals surface area contributed by atoms with Gasteiger partial charge in [0.15, 0.2) is 0 Å². The van der Waals surface area contributed by atoms with E-state index in [0.717, 1.165) is 37.4 Å². The lowest BCUT2D eigenvalue weighted by molar-refractivity contribution is -0.127. The molecule has 1 unspecified atom stereocenters. The molecule has 1 amide bonds. The van der Waals surface area contributed by atoms with Crippen molar-refractivity contribution in [3.8, 4) is 0 Å². The molecule has 5 aliphatic rings. The van der Waals surface area contributed by atoms with E-state index in [1.165, 1.54) is 44.9 Å². The average Bonchev–Trinajstić information content (AvgIpc) is 2.34. The molecule has 0 aromatic carbocycles. The second-order valence-electron chi connectivity index (χ2n) is 8.67. The molecule has 0 radical (unpaired) electrons. The number of amides is 1. The van der Waals surface area contributed by atoms with Crippen LogP contribution < -0.4 is 10.6 Å². The summed E-state index contributed by atoms with van der Waals surface area (Å²) in [5.74, 6) is 4.09. The van der Waals surface area contributed by atoms with E-state index in [1.54, 1.807) is 0 Å². The van der Waals surface area contributed by atoms with Crippen LogP contribution in [0, 0.1) is 35.0 Å². The molecule has 1 saturated heterocycles. The van der Waals surface area contributed by atoms with Crippen molar-refractivity contribution in [3.05, 3.63) is 0 Å². The highest BCUT2D eigenvalue weighted by atomic mass is 16.1. The highest BCUT2D eigenvalue weighted by molar-refractivity contribution is 5.78. The lowest BCUT2D eigenvalue weighted by atomic mass is 9.49. The molecule has 1 aliphatic heterocycles. The Morgan fingerprint density at radius 2 is 1.71 bits per heavy atom. The van der Waals surface area contributed by atoms with E-state index in [0.29, 0.717) is 11.3 Å². The predicted octanol–water partition coefficient (Wildman–Crippen LogP) is 2.56. The van der Waals surface area contributed by atoms with Crippen molar-refractivity contribution in [1.29, 1.82) is 0 Å². The fourth-order valence-corrected chi connectivity index (χ4v) is 6.09. The first-order valence-corrected chi connectivity index (χ1v) is 9.12. The number of carbonyl (C=O) groups is 1. The van der Waals surface area contributed by atoms with Crippen LogP contribution in [0.1, 0.15) is 51.9 Å². The largest absolute Gasteiger partial charge is 0.356 e. The molecule has 3 heteroatoms. The summed E-state index contributed by atoms with van der Waals surface area (Å²) in [4.78, 5) is 12.2. The SMILES string of the molecule is CC(C(=O)NCCC12CC3CC(CC(C3)C1)C2)C1CNC1. The van der Waals surface area contributed by atoms with Crippen molar-refractivity contribution in [2.45, 2.75) is 51.9 Å². The molecular weight excluding hydrogens is 260 g/mol. The molecule has 0 aromatic rings. The third kappa shape index (κ3) is 2.62. The lowest BCUT2D eigenvalue weighted by Gasteiger charge is -2.57. The molecule has 21 heavy (non-hydrogen) atoms. The van der Waals surface area contributed by atoms with Gasteiger partial charge in [-0.3, -0.25) is 4.79 Å². The quantitative estimate of drug-likeness (QED) is 0.817. The van der Waals surface area contributed by atoms with Gasteiger partial charge in [0.1, 0.15) is 0 Å². The maximum Gasteiger partial charge on any atom is 0.223 e. The normalized spacial score (nSPS) is 42.6. The number of hydrogen-bond acceptors (Lipinski definition) is 2. The van der Waals surface area contributed by atoms with Crippen LogP contribution in [0.4, 0.5) is 0 Å². The fraction of sp³-hybridized carbons (Fsp3) is 0.944. The third-order valence-electron chi connectivity index (χ3n) is 7.05. The second kappa shape index (κ2) is 5.26. The Balaban J connectivity index is 1.28. The van der Waals surface area contributed by atoms with Crippen molar-refractivity contribution in [2.24, 2.45) is 35.0 Å². The summed E-state index contributed by atoms with van der Waals surface area (Å²) in [6.07, 6.45) is 10.1. The van der Waals surface area contributed by atoms with Crippen LogP contribution in [0.15, 0.2) is 0 Å². The molecule has 3 nitrogen and oxygen atoms in total. The zero-order valence-corrected chi connectivity index (χ0v) is 13.4. The van der Waals surface area contributed by atoms with E-state index in [4.69, 9.17) is 0 Å². The Morgan fingerprint density at radius 3 is 2.19 bits per heavy atom. The van der Waals surface area contributed by atoms with Crippen molar-refractivity contribution in [3.63, 3.8) is 0 Å². The van der Waals surface area contributed by atoms with E-state index in [1.807, 2.05) is 0 Å². The van der Waals surface area contributed by atoms with E-state index in [9.17, 15) is 4.79 Å². The van der Waals surface area contributed by atoms with E-state index in [-0.39, 0.29) is 11.8 Å². The zero-order valence-electron chi connectivity index (χ0n) is 13.4. The van der Waals surface area contributed by atoms with Crippen molar-refractivity contribution < 1.29 is 4.79 Å². The molecule has 4 aliphatic carbocycles. The molecule has 2 N–H and O–H groups in total. The highest BCUT2D eigenvalue weighted by Gasteiger charge is 2.50. The van der Waals surface area contributed by atoms with Crippen molar-refractivity contribution >= 4 is 5.91 Å². The summed E-state index contributed by atoms with van der Waals surface area (Å²) in [7, 11) is 0. The summed E-state index contributed by atoms with van der Waals surface area (Å²) in [6, 6.07) is 0. The van der Waals surface area contributed by atoms with Crippen molar-refractivity contribution in [2.75, 3.05) is 19.6 Å². The van der Waals surface area contributed by atoms with E-state index >= 15 is 0 Å². The van der Waals surface area contributed by atoms with Gasteiger partial charge in [-0.25, -0.2) is 0 Å². The minimum Gasteiger partial charge on any atom is -0.356 e. The Morgan fingerprint density at radius 1 is 1.14 bits per heavy atom. The smallest absolute Gasteiger partial charge is 0.223 e. The number of hydrogen-bond donors (Lipinski definition) is 2. The molecule has 118 valence electrons. The molecular formula is C18H30N2O. The zero-order chi connectivity index (χ0) is 14.4. The van der Waals surface area contributed by atoms with Crippen LogP contribution in [0.25, 0.3) is 0 Å². The number of carbonyl (C=O) groups excluding carboxylic acids is 1. The summed E-state index contributed by atoms with van der Waals surface area (Å²) in [5, 5.41) is 6.50. The van der Waals surface area contributed by atoms with Gasteiger partial charge in [0.25, 0.3) is 0 Å². The van der Waals surface area contributed by atoms with Crippen LogP contribution in [-0.4, -0.2) is 25.5 Å². The molecule has 0 spiro atoms. The third-order valence-corrected chi connectivity index (χ3v) is 7.05. The minimum atomic E-state index is 0.183. The Kier molecular flexibility index (Phi) is 3.52. The first kappa shape index (κ1) is 14.0. The lowest BCUT2D eigenvalue weighted by Crippen LogP contribution is -2.50. The van der Waals surface area contributed by atoms with Crippen LogP contribution in [0.3, 0.4) is 0 Å². The van der Waals surface area contributed by atoms with Gasteiger partial charge in [0.05, 0.1) is 0 Å². The molecule has 5 fully saturated rings. The Bertz CT molecular complexity index is 380. The van der Waals surface area contributed by atoms with Gasteiger partial charge in [0, 0.05) is 12.5 Å². The summed E-state index contributed by atoms with van der Waals surface area (Å²) in [6.45, 7) is 5.04. The van der Waals surface area contributed by atoms with Gasteiger partial charge in [0.2, 0.25) is 5.91 Å². The summed E-state index contributed by atoms with van der Waals surface area (Å²) >= 11 is 0. The molecule has 4 bridgehead atoms. The van der Waals surface area contributed by atoms with Gasteiger partial charge < -0.3 is 10.6 Å². The average molecular weight is 290 g/mol. The Labute approximate surface area is 128 Å². The van der Waals surface area contributed by atoms with Gasteiger partial charge in [-0.05, 0) is 87.1 Å². The maximum absolute atomic E-state index is 12.2. The molecule has 0 aromatic heterocycles. The van der Waals surface area contributed by atoms with Crippen LogP contribution in [0.2, 0.25) is 0 Å². The maximum atomic E-state index is 12.2. The topological polar surface area (TPSA) is 41.1 Å². The van der Waals surface area contributed by atoms with Gasteiger partial charge in [-0.1, -0.05) is 6.92 Å². The summed E-state index contributed by atoms with van der Waals surface area (Å²) < 4.78 is 0. The number of nitrogens with one attached hydrogen (secondary N) is 2. The fourth-order valence-electron chi connectivity index (χ4n) is 6.09.